The molecule has 1 aromatic carbocycles. The normalized spacial score (nSPS) is 27.4. The Kier molecular flexibility index (Phi) is 4.17. The van der Waals surface area contributed by atoms with E-state index in [9.17, 15) is 4.79 Å². The van der Waals surface area contributed by atoms with E-state index in [0.29, 0.717) is 11.8 Å². The number of carbonyl (C=O) groups excluding carboxylic acids is 1. The smallest absolute Gasteiger partial charge is 0.179 e. The maximum atomic E-state index is 12.8. The Morgan fingerprint density at radius 1 is 1.14 bits per heavy atom. The lowest BCUT2D eigenvalue weighted by molar-refractivity contribution is 0.0771. The van der Waals surface area contributed by atoms with Gasteiger partial charge >= 0.3 is 0 Å². The summed E-state index contributed by atoms with van der Waals surface area (Å²) < 4.78 is 0. The summed E-state index contributed by atoms with van der Waals surface area (Å²) in [6.07, 6.45) is 6.66. The summed E-state index contributed by atoms with van der Waals surface area (Å²) in [6, 6.07) is 6.81. The number of rotatable bonds is 3. The third-order valence-corrected chi connectivity index (χ3v) is 5.72. The van der Waals surface area contributed by atoms with Crippen LogP contribution < -0.4 is 0 Å². The molecule has 0 radical (unpaired) electrons. The summed E-state index contributed by atoms with van der Waals surface area (Å²) in [5.41, 5.74) is 3.35. The van der Waals surface area contributed by atoms with Crippen molar-refractivity contribution in [2.75, 3.05) is 6.54 Å². The molecular weight excluding hydrogens is 258 g/mol. The van der Waals surface area contributed by atoms with Crippen LogP contribution in [0, 0.1) is 19.8 Å². The molecule has 2 fully saturated rings. The number of aryl methyl sites for hydroxylation is 2. The number of hydrogen-bond donors (Lipinski definition) is 0. The van der Waals surface area contributed by atoms with Crippen LogP contribution in [0.2, 0.25) is 0 Å². The quantitative estimate of drug-likeness (QED) is 0.778. The van der Waals surface area contributed by atoms with Gasteiger partial charge in [0, 0.05) is 11.6 Å². The SMILES string of the molecule is Cc1ccc(C(=O)C(C)N2CCC3CCCCC32)cc1C. The van der Waals surface area contributed by atoms with Crippen molar-refractivity contribution in [1.29, 1.82) is 0 Å². The molecule has 3 atom stereocenters. The molecule has 1 saturated heterocycles. The van der Waals surface area contributed by atoms with Crippen LogP contribution in [0.3, 0.4) is 0 Å². The van der Waals surface area contributed by atoms with Gasteiger partial charge in [0.15, 0.2) is 5.78 Å². The van der Waals surface area contributed by atoms with Crippen molar-refractivity contribution in [3.05, 3.63) is 34.9 Å². The molecule has 1 heterocycles. The molecule has 0 bridgehead atoms. The van der Waals surface area contributed by atoms with E-state index in [2.05, 4.69) is 37.8 Å². The number of ketones is 1. The minimum atomic E-state index is 0.0280. The van der Waals surface area contributed by atoms with Crippen molar-refractivity contribution in [2.45, 2.75) is 65.0 Å². The van der Waals surface area contributed by atoms with Crippen molar-refractivity contribution in [2.24, 2.45) is 5.92 Å². The molecule has 114 valence electrons. The van der Waals surface area contributed by atoms with E-state index in [1.165, 1.54) is 43.2 Å². The fourth-order valence-electron chi connectivity index (χ4n) is 4.21. The average Bonchev–Trinajstić information content (AvgIpc) is 2.92. The highest BCUT2D eigenvalue weighted by Gasteiger charge is 2.39. The summed E-state index contributed by atoms with van der Waals surface area (Å²) >= 11 is 0. The van der Waals surface area contributed by atoms with Crippen LogP contribution in [-0.2, 0) is 0 Å². The van der Waals surface area contributed by atoms with Gasteiger partial charge in [-0.25, -0.2) is 0 Å². The molecule has 0 N–H and O–H groups in total. The summed E-state index contributed by atoms with van der Waals surface area (Å²) in [6.45, 7) is 7.39. The lowest BCUT2D eigenvalue weighted by atomic mass is 9.84. The van der Waals surface area contributed by atoms with Crippen LogP contribution >= 0.6 is 0 Å². The summed E-state index contributed by atoms with van der Waals surface area (Å²) in [7, 11) is 0. The van der Waals surface area contributed by atoms with Crippen molar-refractivity contribution in [3.8, 4) is 0 Å². The maximum Gasteiger partial charge on any atom is 0.179 e. The molecule has 1 aromatic rings. The number of nitrogens with zero attached hydrogens (tertiary/aromatic N) is 1. The van der Waals surface area contributed by atoms with Gasteiger partial charge in [-0.3, -0.25) is 9.69 Å². The van der Waals surface area contributed by atoms with Crippen LogP contribution in [0.1, 0.15) is 60.5 Å². The number of fused-ring (bicyclic) bond motifs is 1. The van der Waals surface area contributed by atoms with Gasteiger partial charge in [0.1, 0.15) is 0 Å². The van der Waals surface area contributed by atoms with Crippen LogP contribution in [0.4, 0.5) is 0 Å². The number of Topliss-reactive ketones (excluding diaryl/α,β-unsaturated/α-hetero) is 1. The second-order valence-corrected chi connectivity index (χ2v) is 6.98. The summed E-state index contributed by atoms with van der Waals surface area (Å²) in [4.78, 5) is 15.3. The Morgan fingerprint density at radius 2 is 1.90 bits per heavy atom. The Bertz CT molecular complexity index is 536. The van der Waals surface area contributed by atoms with Crippen molar-refractivity contribution < 1.29 is 4.79 Å². The molecule has 2 nitrogen and oxygen atoms in total. The largest absolute Gasteiger partial charge is 0.292 e. The molecule has 2 aliphatic rings. The van der Waals surface area contributed by atoms with Gasteiger partial charge in [-0.05, 0) is 69.7 Å². The standard InChI is InChI=1S/C19H27NO/c1-13-8-9-17(12-14(13)2)19(21)15(3)20-11-10-16-6-4-5-7-18(16)20/h8-9,12,15-16,18H,4-7,10-11H2,1-3H3. The molecule has 1 aliphatic heterocycles. The van der Waals surface area contributed by atoms with E-state index in [-0.39, 0.29) is 6.04 Å². The van der Waals surface area contributed by atoms with Crippen molar-refractivity contribution >= 4 is 5.78 Å². The zero-order chi connectivity index (χ0) is 15.0. The first-order valence-electron chi connectivity index (χ1n) is 8.45. The highest BCUT2D eigenvalue weighted by Crippen LogP contribution is 2.37. The first kappa shape index (κ1) is 14.8. The highest BCUT2D eigenvalue weighted by molar-refractivity contribution is 6.00. The predicted octanol–water partition coefficient (Wildman–Crippen LogP) is 4.14. The van der Waals surface area contributed by atoms with Crippen LogP contribution in [0.25, 0.3) is 0 Å². The van der Waals surface area contributed by atoms with E-state index in [0.717, 1.165) is 18.0 Å². The molecule has 0 spiro atoms. The van der Waals surface area contributed by atoms with Gasteiger partial charge in [0.05, 0.1) is 6.04 Å². The van der Waals surface area contributed by atoms with Crippen molar-refractivity contribution in [1.82, 2.24) is 4.90 Å². The Hall–Kier alpha value is -1.15. The Balaban J connectivity index is 1.76. The first-order chi connectivity index (χ1) is 10.1. The highest BCUT2D eigenvalue weighted by atomic mass is 16.1. The van der Waals surface area contributed by atoms with Gasteiger partial charge in [0.25, 0.3) is 0 Å². The van der Waals surface area contributed by atoms with Crippen LogP contribution in [0.15, 0.2) is 18.2 Å². The summed E-state index contributed by atoms with van der Waals surface area (Å²) in [5.74, 6) is 1.14. The van der Waals surface area contributed by atoms with E-state index in [1.54, 1.807) is 0 Å². The fourth-order valence-corrected chi connectivity index (χ4v) is 4.21. The maximum absolute atomic E-state index is 12.8. The van der Waals surface area contributed by atoms with Gasteiger partial charge < -0.3 is 0 Å². The first-order valence-corrected chi connectivity index (χ1v) is 8.45. The molecular formula is C19H27NO. The van der Waals surface area contributed by atoms with Gasteiger partial charge in [0.2, 0.25) is 0 Å². The van der Waals surface area contributed by atoms with E-state index in [1.807, 2.05) is 6.07 Å². The summed E-state index contributed by atoms with van der Waals surface area (Å²) in [5, 5.41) is 0. The number of carbonyl (C=O) groups is 1. The third-order valence-electron chi connectivity index (χ3n) is 5.72. The zero-order valence-corrected chi connectivity index (χ0v) is 13.6. The monoisotopic (exact) mass is 285 g/mol. The van der Waals surface area contributed by atoms with Gasteiger partial charge in [-0.2, -0.15) is 0 Å². The number of benzene rings is 1. The molecule has 1 saturated carbocycles. The topological polar surface area (TPSA) is 20.3 Å². The fraction of sp³-hybridized carbons (Fsp3) is 0.632. The Morgan fingerprint density at radius 3 is 2.67 bits per heavy atom. The Labute approximate surface area is 128 Å². The van der Waals surface area contributed by atoms with Crippen LogP contribution in [-0.4, -0.2) is 29.3 Å². The zero-order valence-electron chi connectivity index (χ0n) is 13.6. The molecule has 3 unspecified atom stereocenters. The predicted molar refractivity (Wildman–Crippen MR) is 86.8 cm³/mol. The lowest BCUT2D eigenvalue weighted by Gasteiger charge is -2.35. The number of hydrogen-bond acceptors (Lipinski definition) is 2. The van der Waals surface area contributed by atoms with E-state index in [4.69, 9.17) is 0 Å². The van der Waals surface area contributed by atoms with E-state index >= 15 is 0 Å². The second-order valence-electron chi connectivity index (χ2n) is 6.98. The van der Waals surface area contributed by atoms with Crippen molar-refractivity contribution in [3.63, 3.8) is 0 Å². The molecule has 0 aromatic heterocycles. The van der Waals surface area contributed by atoms with Crippen LogP contribution in [0.5, 0.6) is 0 Å². The average molecular weight is 285 g/mol. The number of likely N-dealkylation sites (tertiary alicyclic amines) is 1. The lowest BCUT2D eigenvalue weighted by Crippen LogP contribution is -2.44. The van der Waals surface area contributed by atoms with Gasteiger partial charge in [-0.1, -0.05) is 25.0 Å². The second kappa shape index (κ2) is 5.92. The molecule has 21 heavy (non-hydrogen) atoms. The van der Waals surface area contributed by atoms with Gasteiger partial charge in [-0.15, -0.1) is 0 Å². The molecule has 3 rings (SSSR count). The molecule has 0 amide bonds. The third kappa shape index (κ3) is 2.78. The molecule has 1 aliphatic carbocycles. The minimum Gasteiger partial charge on any atom is -0.292 e. The molecule has 2 heteroatoms. The van der Waals surface area contributed by atoms with E-state index < -0.39 is 0 Å². The minimum absolute atomic E-state index is 0.0280.